The molecule has 0 radical (unpaired) electrons. The summed E-state index contributed by atoms with van der Waals surface area (Å²) in [6.07, 6.45) is -3.65. The Hall–Kier alpha value is -2.76. The number of alkyl halides is 3. The molecule has 0 saturated carbocycles. The summed E-state index contributed by atoms with van der Waals surface area (Å²) in [5, 5.41) is 13.5. The van der Waals surface area contributed by atoms with E-state index in [2.05, 4.69) is 28.9 Å². The minimum atomic E-state index is -5.08. The molecule has 0 spiro atoms. The molecule has 0 bridgehead atoms. The molecule has 176 valence electrons. The fourth-order valence-corrected chi connectivity index (χ4v) is 5.10. The Balaban J connectivity index is 0.000000383. The van der Waals surface area contributed by atoms with Crippen LogP contribution in [0, 0.1) is 0 Å². The van der Waals surface area contributed by atoms with Crippen LogP contribution < -0.4 is 5.32 Å². The maximum absolute atomic E-state index is 12.8. The fourth-order valence-electron chi connectivity index (χ4n) is 3.22. The van der Waals surface area contributed by atoms with Crippen molar-refractivity contribution >= 4 is 34.6 Å². The third-order valence-corrected chi connectivity index (χ3v) is 6.98. The number of likely N-dealkylation sites (N-methyl/N-ethyl adjacent to an activating group) is 1. The number of aromatic nitrogens is 1. The summed E-state index contributed by atoms with van der Waals surface area (Å²) in [4.78, 5) is 30.7. The molecule has 1 unspecified atom stereocenters. The number of thiazole rings is 1. The van der Waals surface area contributed by atoms with Gasteiger partial charge in [-0.25, -0.2) is 9.78 Å². The molecule has 6 nitrogen and oxygen atoms in total. The number of halogens is 3. The Morgan fingerprint density at radius 3 is 2.45 bits per heavy atom. The van der Waals surface area contributed by atoms with E-state index in [9.17, 15) is 18.0 Å². The lowest BCUT2D eigenvalue weighted by molar-refractivity contribution is -0.192. The van der Waals surface area contributed by atoms with E-state index >= 15 is 0 Å². The number of hydrogen-bond acceptors (Lipinski definition) is 6. The van der Waals surface area contributed by atoms with Gasteiger partial charge in [-0.1, -0.05) is 36.4 Å². The van der Waals surface area contributed by atoms with Crippen LogP contribution in [0.2, 0.25) is 0 Å². The van der Waals surface area contributed by atoms with Gasteiger partial charge in [-0.2, -0.15) is 13.2 Å². The van der Waals surface area contributed by atoms with Crippen LogP contribution in [0.4, 0.5) is 13.2 Å². The highest BCUT2D eigenvalue weighted by atomic mass is 32.1. The number of rotatable bonds is 5. The van der Waals surface area contributed by atoms with E-state index in [-0.39, 0.29) is 5.91 Å². The molecule has 33 heavy (non-hydrogen) atoms. The lowest BCUT2D eigenvalue weighted by atomic mass is 10.2. The van der Waals surface area contributed by atoms with E-state index in [0.29, 0.717) is 12.5 Å². The van der Waals surface area contributed by atoms with Gasteiger partial charge in [0.15, 0.2) is 0 Å². The van der Waals surface area contributed by atoms with Crippen molar-refractivity contribution in [1.82, 2.24) is 15.2 Å². The number of nitrogens with zero attached hydrogens (tertiary/aromatic N) is 2. The van der Waals surface area contributed by atoms with Gasteiger partial charge in [-0.05, 0) is 24.4 Å². The number of thiophene rings is 1. The third kappa shape index (κ3) is 6.62. The molecule has 2 aromatic heterocycles. The summed E-state index contributed by atoms with van der Waals surface area (Å²) in [6, 6.07) is 14.6. The van der Waals surface area contributed by atoms with Gasteiger partial charge in [-0.3, -0.25) is 4.79 Å². The molecule has 1 aliphatic heterocycles. The van der Waals surface area contributed by atoms with Crippen LogP contribution >= 0.6 is 22.7 Å². The highest BCUT2D eigenvalue weighted by Gasteiger charge is 2.38. The Bertz CT molecular complexity index is 1060. The molecule has 1 saturated heterocycles. The highest BCUT2D eigenvalue weighted by Crippen LogP contribution is 2.36. The first kappa shape index (κ1) is 24.9. The quantitative estimate of drug-likeness (QED) is 0.541. The summed E-state index contributed by atoms with van der Waals surface area (Å²) >= 11 is 3.30. The zero-order valence-corrected chi connectivity index (χ0v) is 19.3. The lowest BCUT2D eigenvalue weighted by Gasteiger charge is -2.23. The first-order valence-corrected chi connectivity index (χ1v) is 11.7. The van der Waals surface area contributed by atoms with Crippen molar-refractivity contribution in [3.8, 4) is 21.1 Å². The topological polar surface area (TPSA) is 82.5 Å². The smallest absolute Gasteiger partial charge is 0.475 e. The van der Waals surface area contributed by atoms with Gasteiger partial charge < -0.3 is 15.3 Å². The van der Waals surface area contributed by atoms with Gasteiger partial charge in [0.1, 0.15) is 5.01 Å². The maximum Gasteiger partial charge on any atom is 0.490 e. The Kier molecular flexibility index (Phi) is 8.22. The summed E-state index contributed by atoms with van der Waals surface area (Å²) in [5.41, 5.74) is 2.05. The van der Waals surface area contributed by atoms with Crippen LogP contribution in [-0.2, 0) is 16.0 Å². The highest BCUT2D eigenvalue weighted by molar-refractivity contribution is 7.17. The molecule has 0 aliphatic carbocycles. The van der Waals surface area contributed by atoms with Crippen LogP contribution in [0.25, 0.3) is 21.1 Å². The SMILES string of the molecule is CN(C(=O)Cc1sc(-c2ccccc2)nc1-c1cccs1)C1CCNC1.O=C(O)C(F)(F)F. The predicted molar refractivity (Wildman–Crippen MR) is 122 cm³/mol. The number of nitrogens with one attached hydrogen (secondary N) is 1. The molecule has 1 aromatic carbocycles. The number of carboxylic acid groups (broad SMARTS) is 1. The monoisotopic (exact) mass is 497 g/mol. The van der Waals surface area contributed by atoms with E-state index in [1.807, 2.05) is 36.2 Å². The van der Waals surface area contributed by atoms with E-state index in [1.165, 1.54) is 0 Å². The van der Waals surface area contributed by atoms with Crippen molar-refractivity contribution < 1.29 is 27.9 Å². The molecular weight excluding hydrogens is 475 g/mol. The van der Waals surface area contributed by atoms with Crippen molar-refractivity contribution in [3.63, 3.8) is 0 Å². The zero-order chi connectivity index (χ0) is 24.0. The average Bonchev–Trinajstić information content (AvgIpc) is 3.54. The van der Waals surface area contributed by atoms with Crippen molar-refractivity contribution in [2.45, 2.75) is 25.1 Å². The fraction of sp³-hybridized carbons (Fsp3) is 0.318. The molecule has 1 fully saturated rings. The summed E-state index contributed by atoms with van der Waals surface area (Å²) < 4.78 is 31.7. The van der Waals surface area contributed by atoms with Gasteiger partial charge in [0, 0.05) is 30.1 Å². The number of amides is 1. The van der Waals surface area contributed by atoms with E-state index < -0.39 is 12.1 Å². The molecular formula is C22H22F3N3O3S2. The Labute approximate surface area is 196 Å². The van der Waals surface area contributed by atoms with Gasteiger partial charge in [-0.15, -0.1) is 22.7 Å². The van der Waals surface area contributed by atoms with Gasteiger partial charge in [0.25, 0.3) is 0 Å². The van der Waals surface area contributed by atoms with Crippen LogP contribution in [0.5, 0.6) is 0 Å². The molecule has 4 rings (SSSR count). The molecule has 1 amide bonds. The number of carbonyl (C=O) groups excluding carboxylic acids is 1. The van der Waals surface area contributed by atoms with Crippen molar-refractivity contribution in [3.05, 3.63) is 52.7 Å². The van der Waals surface area contributed by atoms with Crippen molar-refractivity contribution in [1.29, 1.82) is 0 Å². The maximum atomic E-state index is 12.8. The molecule has 11 heteroatoms. The average molecular weight is 498 g/mol. The van der Waals surface area contributed by atoms with Gasteiger partial charge in [0.2, 0.25) is 5.91 Å². The largest absolute Gasteiger partial charge is 0.490 e. The zero-order valence-electron chi connectivity index (χ0n) is 17.6. The number of benzene rings is 1. The Morgan fingerprint density at radius 1 is 1.21 bits per heavy atom. The number of aliphatic carboxylic acids is 1. The van der Waals surface area contributed by atoms with Crippen molar-refractivity contribution in [2.75, 3.05) is 20.1 Å². The first-order chi connectivity index (χ1) is 15.7. The molecule has 3 heterocycles. The van der Waals surface area contributed by atoms with Gasteiger partial charge >= 0.3 is 12.1 Å². The molecule has 1 atom stereocenters. The summed E-state index contributed by atoms with van der Waals surface area (Å²) in [5.74, 6) is -2.59. The second kappa shape index (κ2) is 10.9. The third-order valence-electron chi connectivity index (χ3n) is 5.00. The predicted octanol–water partition coefficient (Wildman–Crippen LogP) is 4.53. The second-order valence-corrected chi connectivity index (χ2v) is 9.30. The lowest BCUT2D eigenvalue weighted by Crippen LogP contribution is -2.39. The number of carbonyl (C=O) groups is 2. The minimum Gasteiger partial charge on any atom is -0.475 e. The molecule has 2 N–H and O–H groups in total. The minimum absolute atomic E-state index is 0.166. The van der Waals surface area contributed by atoms with E-state index in [4.69, 9.17) is 14.9 Å². The Morgan fingerprint density at radius 2 is 1.91 bits per heavy atom. The van der Waals surface area contributed by atoms with E-state index in [0.717, 1.165) is 45.5 Å². The van der Waals surface area contributed by atoms with E-state index in [1.54, 1.807) is 22.7 Å². The molecule has 3 aromatic rings. The van der Waals surface area contributed by atoms with Crippen molar-refractivity contribution in [2.24, 2.45) is 0 Å². The molecule has 1 aliphatic rings. The number of hydrogen-bond donors (Lipinski definition) is 2. The summed E-state index contributed by atoms with van der Waals surface area (Å²) in [6.45, 7) is 1.87. The first-order valence-electron chi connectivity index (χ1n) is 10.0. The second-order valence-electron chi connectivity index (χ2n) is 7.27. The van der Waals surface area contributed by atoms with Crippen LogP contribution in [-0.4, -0.2) is 59.2 Å². The standard InChI is InChI=1S/C20H21N3OS2.C2HF3O2/c1-23(15-9-10-21-13-15)18(24)12-17-19(16-8-5-11-25-16)22-20(26-17)14-6-3-2-4-7-14;3-2(4,5)1(6)7/h2-8,11,15,21H,9-10,12-13H2,1H3;(H,6,7). The summed E-state index contributed by atoms with van der Waals surface area (Å²) in [7, 11) is 1.92. The number of carboxylic acids is 1. The van der Waals surface area contributed by atoms with Gasteiger partial charge in [0.05, 0.1) is 17.0 Å². The normalized spacial score (nSPS) is 15.6. The van der Waals surface area contributed by atoms with Crippen LogP contribution in [0.1, 0.15) is 11.3 Å². The van der Waals surface area contributed by atoms with Crippen LogP contribution in [0.3, 0.4) is 0 Å². The van der Waals surface area contributed by atoms with Crippen LogP contribution in [0.15, 0.2) is 47.8 Å².